The van der Waals surface area contributed by atoms with Gasteiger partial charge in [0, 0.05) is 23.0 Å². The molecule has 1 aliphatic heterocycles. The lowest BCUT2D eigenvalue weighted by atomic mass is 10.0. The number of aliphatic hydroxyl groups excluding tert-OH is 4. The maximum absolute atomic E-state index is 11.0. The fourth-order valence-electron chi connectivity index (χ4n) is 3.10. The van der Waals surface area contributed by atoms with Gasteiger partial charge in [0.15, 0.2) is 0 Å². The molecular formula is C17H22N2O10S2. The molecule has 0 saturated carbocycles. The first-order chi connectivity index (χ1) is 14.6. The molecule has 0 bridgehead atoms. The molecule has 2 aromatic rings. The molecule has 6 N–H and O–H groups in total. The number of thioether (sulfide) groups is 1. The van der Waals surface area contributed by atoms with E-state index in [1.807, 2.05) is 0 Å². The lowest BCUT2D eigenvalue weighted by molar-refractivity contribution is -0.205. The van der Waals surface area contributed by atoms with Gasteiger partial charge in [-0.25, -0.2) is 4.28 Å². The highest BCUT2D eigenvalue weighted by molar-refractivity contribution is 8.14. The van der Waals surface area contributed by atoms with Crippen molar-refractivity contribution in [1.29, 1.82) is 0 Å². The number of ether oxygens (including phenoxy) is 2. The van der Waals surface area contributed by atoms with Gasteiger partial charge in [0.05, 0.1) is 13.7 Å². The summed E-state index contributed by atoms with van der Waals surface area (Å²) in [5.74, 6) is 0.606. The smallest absolute Gasteiger partial charge is 0.466 e. The number of fused-ring (bicyclic) bond motifs is 1. The van der Waals surface area contributed by atoms with E-state index in [4.69, 9.17) is 14.0 Å². The Morgan fingerprint density at radius 3 is 2.65 bits per heavy atom. The summed E-state index contributed by atoms with van der Waals surface area (Å²) < 4.78 is 45.6. The third-order valence-electron chi connectivity index (χ3n) is 4.58. The first kappa shape index (κ1) is 23.7. The molecule has 0 unspecified atom stereocenters. The fraction of sp³-hybridized carbons (Fsp3) is 0.471. The van der Waals surface area contributed by atoms with Gasteiger partial charge >= 0.3 is 10.4 Å². The summed E-state index contributed by atoms with van der Waals surface area (Å²) in [6.45, 7) is -0.627. The molecule has 2 heterocycles. The fourth-order valence-corrected chi connectivity index (χ4v) is 4.42. The molecule has 14 heteroatoms. The zero-order valence-corrected chi connectivity index (χ0v) is 17.8. The summed E-state index contributed by atoms with van der Waals surface area (Å²) in [6.07, 6.45) is -5.94. The lowest BCUT2D eigenvalue weighted by Crippen LogP contribution is -2.57. The van der Waals surface area contributed by atoms with E-state index in [9.17, 15) is 28.8 Å². The van der Waals surface area contributed by atoms with E-state index in [1.54, 1.807) is 24.3 Å². The Labute approximate surface area is 181 Å². The molecule has 0 aliphatic carbocycles. The Bertz CT molecular complexity index is 1040. The second-order valence-corrected chi connectivity index (χ2v) is 8.87. The minimum absolute atomic E-state index is 0.0347. The second kappa shape index (κ2) is 9.70. The van der Waals surface area contributed by atoms with Gasteiger partial charge in [-0.1, -0.05) is 23.0 Å². The van der Waals surface area contributed by atoms with Gasteiger partial charge in [-0.2, -0.15) is 8.42 Å². The SMILES string of the molecule is COc1cccc2[nH]c(C/C(=N/OS(=O)(=O)O)S[C@@H]3O[C@H](CO)[C@@H](O)[C@H](O)[C@H]3O)cc12. The largest absolute Gasteiger partial charge is 0.496 e. The van der Waals surface area contributed by atoms with Crippen molar-refractivity contribution in [1.82, 2.24) is 4.98 Å². The normalized spacial score (nSPS) is 27.4. The van der Waals surface area contributed by atoms with Crippen molar-refractivity contribution in [2.45, 2.75) is 36.3 Å². The zero-order valence-electron chi connectivity index (χ0n) is 16.2. The van der Waals surface area contributed by atoms with Crippen LogP contribution < -0.4 is 4.74 Å². The number of H-pyrrole nitrogens is 1. The molecule has 1 saturated heterocycles. The van der Waals surface area contributed by atoms with E-state index in [-0.39, 0.29) is 11.5 Å². The number of oxime groups is 1. The van der Waals surface area contributed by atoms with Crippen LogP contribution in [0.25, 0.3) is 10.9 Å². The number of nitrogens with one attached hydrogen (secondary N) is 1. The van der Waals surface area contributed by atoms with Gasteiger partial charge in [0.25, 0.3) is 0 Å². The quantitative estimate of drug-likeness (QED) is 0.129. The Hall–Kier alpha value is -1.91. The Morgan fingerprint density at radius 1 is 1.26 bits per heavy atom. The number of aromatic nitrogens is 1. The standard InChI is InChI=1S/C17H22N2O10S2/c1-27-11-4-2-3-10-9(11)5-8(18-10)6-13(19-29-31(24,25)26)30-17-16(23)15(22)14(21)12(7-20)28-17/h2-5,12,14-18,20-23H,6-7H2,1H3,(H,24,25,26)/b19-13-/t12-,14-,15+,16-,17+/m1/s1. The number of methoxy groups -OCH3 is 1. The van der Waals surface area contributed by atoms with Gasteiger partial charge in [-0.3, -0.25) is 4.55 Å². The molecule has 172 valence electrons. The Morgan fingerprint density at radius 2 is 2.00 bits per heavy atom. The molecule has 1 aromatic heterocycles. The van der Waals surface area contributed by atoms with E-state index in [0.29, 0.717) is 23.2 Å². The Kier molecular flexibility index (Phi) is 7.43. The number of hydrogen-bond acceptors (Lipinski definition) is 11. The van der Waals surface area contributed by atoms with E-state index in [1.165, 1.54) is 7.11 Å². The van der Waals surface area contributed by atoms with Crippen LogP contribution in [-0.2, 0) is 25.8 Å². The number of nitrogens with zero attached hydrogens (tertiary/aromatic N) is 1. The van der Waals surface area contributed by atoms with Gasteiger partial charge < -0.3 is 34.9 Å². The van der Waals surface area contributed by atoms with E-state index < -0.39 is 46.9 Å². The summed E-state index contributed by atoms with van der Waals surface area (Å²) in [6, 6.07) is 7.09. The summed E-state index contributed by atoms with van der Waals surface area (Å²) in [5, 5.41) is 43.5. The first-order valence-corrected chi connectivity index (χ1v) is 11.2. The number of aromatic amines is 1. The maximum Gasteiger partial charge on any atom is 0.466 e. The molecule has 31 heavy (non-hydrogen) atoms. The van der Waals surface area contributed by atoms with Crippen LogP contribution in [0.4, 0.5) is 0 Å². The lowest BCUT2D eigenvalue weighted by Gasteiger charge is -2.39. The molecular weight excluding hydrogens is 456 g/mol. The summed E-state index contributed by atoms with van der Waals surface area (Å²) >= 11 is 0.698. The highest BCUT2D eigenvalue weighted by Crippen LogP contribution is 2.31. The topological polar surface area (TPSA) is 191 Å². The molecule has 0 spiro atoms. The van der Waals surface area contributed by atoms with Crippen LogP contribution in [0.2, 0.25) is 0 Å². The summed E-state index contributed by atoms with van der Waals surface area (Å²) in [7, 11) is -3.38. The van der Waals surface area contributed by atoms with Crippen LogP contribution in [-0.4, -0.2) is 87.0 Å². The predicted octanol–water partition coefficient (Wildman–Crippen LogP) is -0.615. The molecule has 1 fully saturated rings. The second-order valence-electron chi connectivity index (χ2n) is 6.70. The summed E-state index contributed by atoms with van der Waals surface area (Å²) in [4.78, 5) is 3.11. The number of aliphatic hydroxyl groups is 4. The minimum Gasteiger partial charge on any atom is -0.496 e. The predicted molar refractivity (Wildman–Crippen MR) is 110 cm³/mol. The van der Waals surface area contributed by atoms with Gasteiger partial charge in [-0.15, -0.1) is 0 Å². The van der Waals surface area contributed by atoms with Crippen molar-refractivity contribution in [3.05, 3.63) is 30.0 Å². The van der Waals surface area contributed by atoms with Crippen LogP contribution in [0.5, 0.6) is 5.75 Å². The van der Waals surface area contributed by atoms with Gasteiger partial charge in [0.2, 0.25) is 0 Å². The van der Waals surface area contributed by atoms with Crippen molar-refractivity contribution in [2.75, 3.05) is 13.7 Å². The van der Waals surface area contributed by atoms with E-state index in [0.717, 1.165) is 10.9 Å². The molecule has 5 atom stereocenters. The zero-order chi connectivity index (χ0) is 22.8. The number of hydrogen-bond donors (Lipinski definition) is 6. The van der Waals surface area contributed by atoms with Crippen molar-refractivity contribution >= 4 is 38.1 Å². The minimum atomic E-state index is -4.90. The van der Waals surface area contributed by atoms with Crippen LogP contribution in [0.15, 0.2) is 29.4 Å². The molecule has 1 aliphatic rings. The van der Waals surface area contributed by atoms with Crippen LogP contribution >= 0.6 is 11.8 Å². The maximum atomic E-state index is 11.0. The highest BCUT2D eigenvalue weighted by atomic mass is 32.3. The molecule has 0 radical (unpaired) electrons. The van der Waals surface area contributed by atoms with Crippen molar-refractivity contribution in [2.24, 2.45) is 5.16 Å². The molecule has 1 aromatic carbocycles. The van der Waals surface area contributed by atoms with E-state index >= 15 is 0 Å². The Balaban J connectivity index is 1.87. The van der Waals surface area contributed by atoms with Crippen LogP contribution in [0, 0.1) is 0 Å². The first-order valence-electron chi connectivity index (χ1n) is 8.97. The molecule has 0 amide bonds. The average Bonchev–Trinajstić information content (AvgIpc) is 3.14. The average molecular weight is 479 g/mol. The summed E-state index contributed by atoms with van der Waals surface area (Å²) in [5.41, 5.74) is 0.0785. The van der Waals surface area contributed by atoms with Crippen molar-refractivity contribution in [3.63, 3.8) is 0 Å². The molecule has 3 rings (SSSR count). The third kappa shape index (κ3) is 5.67. The van der Waals surface area contributed by atoms with Crippen LogP contribution in [0.1, 0.15) is 5.69 Å². The monoisotopic (exact) mass is 478 g/mol. The number of rotatable bonds is 7. The molecule has 12 nitrogen and oxygen atoms in total. The van der Waals surface area contributed by atoms with Crippen LogP contribution in [0.3, 0.4) is 0 Å². The van der Waals surface area contributed by atoms with Crippen molar-refractivity contribution < 1.29 is 47.2 Å². The van der Waals surface area contributed by atoms with Crippen molar-refractivity contribution in [3.8, 4) is 5.75 Å². The van der Waals surface area contributed by atoms with Gasteiger partial charge in [0.1, 0.15) is 40.6 Å². The number of benzene rings is 1. The third-order valence-corrected chi connectivity index (χ3v) is 5.95. The van der Waals surface area contributed by atoms with Gasteiger partial charge in [-0.05, 0) is 18.2 Å². The highest BCUT2D eigenvalue weighted by Gasteiger charge is 2.44. The van der Waals surface area contributed by atoms with E-state index in [2.05, 4.69) is 14.4 Å².